The van der Waals surface area contributed by atoms with Gasteiger partial charge in [-0.2, -0.15) is 0 Å². The Morgan fingerprint density at radius 1 is 1.37 bits per heavy atom. The average Bonchev–Trinajstić information content (AvgIpc) is 2.40. The number of nitrogens with zero attached hydrogens (tertiary/aromatic N) is 1. The van der Waals surface area contributed by atoms with Crippen LogP contribution < -0.4 is 0 Å². The van der Waals surface area contributed by atoms with Gasteiger partial charge >= 0.3 is 0 Å². The predicted molar refractivity (Wildman–Crippen MR) is 74.7 cm³/mol. The SMILES string of the molecule is Cc1cc(C(=O)N(C)C2CCCC(C)C2)ccc1F. The molecule has 19 heavy (non-hydrogen) atoms. The largest absolute Gasteiger partial charge is 0.339 e. The maximum absolute atomic E-state index is 13.2. The van der Waals surface area contributed by atoms with Crippen LogP contribution in [0.5, 0.6) is 0 Å². The summed E-state index contributed by atoms with van der Waals surface area (Å²) in [6.07, 6.45) is 4.59. The van der Waals surface area contributed by atoms with Crippen molar-refractivity contribution in [1.82, 2.24) is 4.90 Å². The third kappa shape index (κ3) is 3.14. The number of rotatable bonds is 2. The zero-order valence-electron chi connectivity index (χ0n) is 11.9. The summed E-state index contributed by atoms with van der Waals surface area (Å²) in [7, 11) is 1.86. The topological polar surface area (TPSA) is 20.3 Å². The molecule has 1 saturated carbocycles. The van der Waals surface area contributed by atoms with Gasteiger partial charge < -0.3 is 4.90 Å². The molecule has 0 heterocycles. The highest BCUT2D eigenvalue weighted by molar-refractivity contribution is 5.94. The van der Waals surface area contributed by atoms with Crippen molar-refractivity contribution >= 4 is 5.91 Å². The molecule has 0 aliphatic heterocycles. The first kappa shape index (κ1) is 14.0. The first-order valence-corrected chi connectivity index (χ1v) is 7.02. The Labute approximate surface area is 114 Å². The average molecular weight is 263 g/mol. The van der Waals surface area contributed by atoms with E-state index in [2.05, 4.69) is 6.92 Å². The van der Waals surface area contributed by atoms with Crippen LogP contribution in [0.25, 0.3) is 0 Å². The third-order valence-corrected chi connectivity index (χ3v) is 4.18. The van der Waals surface area contributed by atoms with Gasteiger partial charge in [-0.15, -0.1) is 0 Å². The summed E-state index contributed by atoms with van der Waals surface area (Å²) in [6.45, 7) is 3.93. The lowest BCUT2D eigenvalue weighted by Crippen LogP contribution is -2.39. The monoisotopic (exact) mass is 263 g/mol. The van der Waals surface area contributed by atoms with E-state index in [1.807, 2.05) is 11.9 Å². The molecule has 0 aromatic heterocycles. The molecule has 0 bridgehead atoms. The van der Waals surface area contributed by atoms with Crippen LogP contribution in [0.4, 0.5) is 4.39 Å². The lowest BCUT2D eigenvalue weighted by Gasteiger charge is -2.34. The first-order chi connectivity index (χ1) is 8.99. The number of halogens is 1. The minimum Gasteiger partial charge on any atom is -0.339 e. The summed E-state index contributed by atoms with van der Waals surface area (Å²) in [4.78, 5) is 14.3. The zero-order valence-corrected chi connectivity index (χ0v) is 11.9. The Kier molecular flexibility index (Phi) is 4.23. The molecular weight excluding hydrogens is 241 g/mol. The van der Waals surface area contributed by atoms with Crippen LogP contribution >= 0.6 is 0 Å². The lowest BCUT2D eigenvalue weighted by atomic mass is 9.86. The van der Waals surface area contributed by atoms with Gasteiger partial charge in [0.25, 0.3) is 5.91 Å². The Hall–Kier alpha value is -1.38. The number of aryl methyl sites for hydroxylation is 1. The van der Waals surface area contributed by atoms with Crippen molar-refractivity contribution in [3.8, 4) is 0 Å². The highest BCUT2D eigenvalue weighted by Crippen LogP contribution is 2.27. The molecule has 1 amide bonds. The molecular formula is C16H22FNO. The number of carbonyl (C=O) groups is 1. The Balaban J connectivity index is 2.11. The fourth-order valence-corrected chi connectivity index (χ4v) is 2.90. The molecule has 2 atom stereocenters. The molecule has 1 aliphatic rings. The van der Waals surface area contributed by atoms with Gasteiger partial charge in [-0.05, 0) is 49.4 Å². The second-order valence-corrected chi connectivity index (χ2v) is 5.81. The Morgan fingerprint density at radius 2 is 2.11 bits per heavy atom. The van der Waals surface area contributed by atoms with Crippen LogP contribution in [0, 0.1) is 18.7 Å². The van der Waals surface area contributed by atoms with E-state index in [4.69, 9.17) is 0 Å². The van der Waals surface area contributed by atoms with Gasteiger partial charge in [-0.3, -0.25) is 4.79 Å². The number of benzene rings is 1. The standard InChI is InChI=1S/C16H22FNO/c1-11-5-4-6-14(9-11)18(3)16(19)13-7-8-15(17)12(2)10-13/h7-8,10-11,14H,4-6,9H2,1-3H3. The van der Waals surface area contributed by atoms with Crippen LogP contribution in [0.2, 0.25) is 0 Å². The second-order valence-electron chi connectivity index (χ2n) is 5.81. The number of amides is 1. The molecule has 2 nitrogen and oxygen atoms in total. The normalized spacial score (nSPS) is 23.2. The number of hydrogen-bond acceptors (Lipinski definition) is 1. The van der Waals surface area contributed by atoms with E-state index < -0.39 is 0 Å². The van der Waals surface area contributed by atoms with Gasteiger partial charge in [-0.1, -0.05) is 19.8 Å². The van der Waals surface area contributed by atoms with Crippen LogP contribution in [0.3, 0.4) is 0 Å². The van der Waals surface area contributed by atoms with E-state index in [9.17, 15) is 9.18 Å². The molecule has 104 valence electrons. The zero-order chi connectivity index (χ0) is 14.0. The molecule has 1 aromatic carbocycles. The summed E-state index contributed by atoms with van der Waals surface area (Å²) >= 11 is 0. The molecule has 0 radical (unpaired) electrons. The van der Waals surface area contributed by atoms with Gasteiger partial charge in [0.2, 0.25) is 0 Å². The lowest BCUT2D eigenvalue weighted by molar-refractivity contribution is 0.0672. The van der Waals surface area contributed by atoms with E-state index in [0.717, 1.165) is 12.8 Å². The van der Waals surface area contributed by atoms with Crippen molar-refractivity contribution < 1.29 is 9.18 Å². The maximum atomic E-state index is 13.2. The third-order valence-electron chi connectivity index (χ3n) is 4.18. The molecule has 0 spiro atoms. The minimum absolute atomic E-state index is 0.00204. The van der Waals surface area contributed by atoms with E-state index in [1.54, 1.807) is 19.1 Å². The summed E-state index contributed by atoms with van der Waals surface area (Å²) in [5, 5.41) is 0. The second kappa shape index (κ2) is 5.72. The Bertz CT molecular complexity index is 472. The van der Waals surface area contributed by atoms with Crippen LogP contribution in [-0.2, 0) is 0 Å². The molecule has 1 fully saturated rings. The predicted octanol–water partition coefficient (Wildman–Crippen LogP) is 3.78. The fraction of sp³-hybridized carbons (Fsp3) is 0.562. The van der Waals surface area contributed by atoms with E-state index in [1.165, 1.54) is 18.9 Å². The van der Waals surface area contributed by atoms with E-state index in [0.29, 0.717) is 23.1 Å². The van der Waals surface area contributed by atoms with Gasteiger partial charge in [-0.25, -0.2) is 4.39 Å². The molecule has 0 saturated heterocycles. The quantitative estimate of drug-likeness (QED) is 0.795. The highest BCUT2D eigenvalue weighted by atomic mass is 19.1. The van der Waals surface area contributed by atoms with E-state index >= 15 is 0 Å². The van der Waals surface area contributed by atoms with Crippen molar-refractivity contribution in [2.24, 2.45) is 5.92 Å². The number of carbonyl (C=O) groups excluding carboxylic acids is 1. The first-order valence-electron chi connectivity index (χ1n) is 7.02. The molecule has 3 heteroatoms. The highest BCUT2D eigenvalue weighted by Gasteiger charge is 2.26. The van der Waals surface area contributed by atoms with Gasteiger partial charge in [0.05, 0.1) is 0 Å². The summed E-state index contributed by atoms with van der Waals surface area (Å²) in [6, 6.07) is 4.91. The van der Waals surface area contributed by atoms with Crippen LogP contribution in [0.1, 0.15) is 48.5 Å². The maximum Gasteiger partial charge on any atom is 0.253 e. The summed E-state index contributed by atoms with van der Waals surface area (Å²) in [5.41, 5.74) is 1.11. The fourth-order valence-electron chi connectivity index (χ4n) is 2.90. The van der Waals surface area contributed by atoms with Crippen molar-refractivity contribution in [3.63, 3.8) is 0 Å². The molecule has 2 unspecified atom stereocenters. The smallest absolute Gasteiger partial charge is 0.253 e. The molecule has 0 N–H and O–H groups in total. The Morgan fingerprint density at radius 3 is 2.74 bits per heavy atom. The minimum atomic E-state index is -0.259. The summed E-state index contributed by atoms with van der Waals surface area (Å²) in [5.74, 6) is 0.427. The van der Waals surface area contributed by atoms with Crippen molar-refractivity contribution in [2.45, 2.75) is 45.6 Å². The van der Waals surface area contributed by atoms with Crippen LogP contribution in [-0.4, -0.2) is 23.9 Å². The number of hydrogen-bond donors (Lipinski definition) is 0. The van der Waals surface area contributed by atoms with Crippen LogP contribution in [0.15, 0.2) is 18.2 Å². The molecule has 2 rings (SSSR count). The molecule has 1 aromatic rings. The van der Waals surface area contributed by atoms with Crippen molar-refractivity contribution in [1.29, 1.82) is 0 Å². The van der Waals surface area contributed by atoms with Gasteiger partial charge in [0.1, 0.15) is 5.82 Å². The van der Waals surface area contributed by atoms with E-state index in [-0.39, 0.29) is 11.7 Å². The van der Waals surface area contributed by atoms with Crippen molar-refractivity contribution in [2.75, 3.05) is 7.05 Å². The van der Waals surface area contributed by atoms with Gasteiger partial charge in [0, 0.05) is 18.7 Å². The molecule has 1 aliphatic carbocycles. The summed E-state index contributed by atoms with van der Waals surface area (Å²) < 4.78 is 13.2. The van der Waals surface area contributed by atoms with Crippen molar-refractivity contribution in [3.05, 3.63) is 35.1 Å². The van der Waals surface area contributed by atoms with Gasteiger partial charge in [0.15, 0.2) is 0 Å².